The van der Waals surface area contributed by atoms with Gasteiger partial charge in [0.2, 0.25) is 5.91 Å². The first-order chi connectivity index (χ1) is 27.5. The number of aliphatic hydroxyl groups excluding tert-OH is 4. The van der Waals surface area contributed by atoms with Crippen LogP contribution < -0.4 is 5.32 Å². The molecule has 6 heteroatoms. The topological polar surface area (TPSA) is 110 Å². The zero-order valence-corrected chi connectivity index (χ0v) is 37.1. The van der Waals surface area contributed by atoms with Crippen LogP contribution in [0.1, 0.15) is 245 Å². The number of rotatable bonds is 44. The maximum Gasteiger partial charge on any atom is 0.249 e. The number of hydrogen-bond donors (Lipinski definition) is 5. The molecule has 0 saturated carbocycles. The monoisotopic (exact) mass is 790 g/mol. The Morgan fingerprint density at radius 3 is 1.18 bits per heavy atom. The smallest absolute Gasteiger partial charge is 0.249 e. The van der Waals surface area contributed by atoms with E-state index < -0.39 is 36.9 Å². The third kappa shape index (κ3) is 38.1. The van der Waals surface area contributed by atoms with Crippen LogP contribution in [0.3, 0.4) is 0 Å². The van der Waals surface area contributed by atoms with Gasteiger partial charge in [-0.3, -0.25) is 4.79 Å². The minimum Gasteiger partial charge on any atom is -0.394 e. The van der Waals surface area contributed by atoms with E-state index in [4.69, 9.17) is 0 Å². The average Bonchev–Trinajstić information content (AvgIpc) is 3.20. The Kier molecular flexibility index (Phi) is 43.5. The highest BCUT2D eigenvalue weighted by Gasteiger charge is 2.28. The van der Waals surface area contributed by atoms with E-state index in [9.17, 15) is 25.2 Å². The molecular formula is C50H95NO5. The van der Waals surface area contributed by atoms with Crippen molar-refractivity contribution in [2.45, 2.75) is 269 Å². The molecule has 4 atom stereocenters. The largest absolute Gasteiger partial charge is 0.394 e. The molecule has 0 rings (SSSR count). The number of aliphatic hydroxyl groups is 4. The molecule has 1 amide bonds. The van der Waals surface area contributed by atoms with E-state index in [-0.39, 0.29) is 0 Å². The average molecular weight is 790 g/mol. The molecule has 5 N–H and O–H groups in total. The van der Waals surface area contributed by atoms with Crippen molar-refractivity contribution < 1.29 is 25.2 Å². The molecule has 0 aromatic carbocycles. The van der Waals surface area contributed by atoms with Gasteiger partial charge in [-0.25, -0.2) is 0 Å². The molecule has 0 radical (unpaired) electrons. The van der Waals surface area contributed by atoms with E-state index in [0.29, 0.717) is 19.3 Å². The summed E-state index contributed by atoms with van der Waals surface area (Å²) in [5.41, 5.74) is 0. The summed E-state index contributed by atoms with van der Waals surface area (Å²) in [5.74, 6) is -0.598. The van der Waals surface area contributed by atoms with Crippen LogP contribution in [-0.4, -0.2) is 57.3 Å². The lowest BCUT2D eigenvalue weighted by molar-refractivity contribution is -0.132. The predicted molar refractivity (Wildman–Crippen MR) is 242 cm³/mol. The van der Waals surface area contributed by atoms with Gasteiger partial charge >= 0.3 is 0 Å². The van der Waals surface area contributed by atoms with Crippen molar-refractivity contribution in [3.63, 3.8) is 0 Å². The van der Waals surface area contributed by atoms with E-state index in [1.54, 1.807) is 0 Å². The summed E-state index contributed by atoms with van der Waals surface area (Å²) in [6.45, 7) is 3.99. The van der Waals surface area contributed by atoms with Crippen LogP contribution in [0.5, 0.6) is 0 Å². The lowest BCUT2D eigenvalue weighted by Gasteiger charge is -2.27. The van der Waals surface area contributed by atoms with E-state index in [1.165, 1.54) is 167 Å². The second-order valence-corrected chi connectivity index (χ2v) is 16.8. The van der Waals surface area contributed by atoms with Gasteiger partial charge in [-0.2, -0.15) is 0 Å². The SMILES string of the molecule is CCCC/C=C/CC/C=C/CCCC(O)C(O)C(CO)NC(=O)C(O)CCCCCCCCCCCCCCC/C=C\CCCCCCCCCCCCCC. The lowest BCUT2D eigenvalue weighted by Crippen LogP contribution is -2.53. The van der Waals surface area contributed by atoms with Crippen LogP contribution in [0.15, 0.2) is 36.5 Å². The molecule has 0 aromatic heterocycles. The Bertz CT molecular complexity index is 889. The van der Waals surface area contributed by atoms with Crippen LogP contribution in [-0.2, 0) is 4.79 Å². The minimum absolute atomic E-state index is 0.360. The molecule has 0 heterocycles. The fourth-order valence-corrected chi connectivity index (χ4v) is 7.40. The second kappa shape index (κ2) is 44.6. The van der Waals surface area contributed by atoms with Crippen molar-refractivity contribution >= 4 is 5.91 Å². The van der Waals surface area contributed by atoms with Crippen LogP contribution in [0.4, 0.5) is 0 Å². The van der Waals surface area contributed by atoms with Gasteiger partial charge in [0.05, 0.1) is 18.8 Å². The van der Waals surface area contributed by atoms with Gasteiger partial charge in [0.25, 0.3) is 0 Å². The Labute approximate surface area is 347 Å². The standard InChI is InChI=1S/C50H95NO5/c1-3-5-7-9-11-13-15-16-17-18-19-20-21-22-23-24-25-26-27-28-29-30-31-32-34-36-38-40-42-44-48(54)50(56)51-46(45-52)49(55)47(53)43-41-39-37-35-33-14-12-10-8-6-4-2/h10,12,22-23,35,37,46-49,52-55H,3-9,11,13-21,24-34,36,38-45H2,1-2H3,(H,51,56)/b12-10+,23-22-,37-35+. The van der Waals surface area contributed by atoms with Gasteiger partial charge in [-0.1, -0.05) is 211 Å². The number of allylic oxidation sites excluding steroid dienone is 6. The zero-order chi connectivity index (χ0) is 41.0. The van der Waals surface area contributed by atoms with E-state index in [2.05, 4.69) is 55.6 Å². The number of carbonyl (C=O) groups excluding carboxylic acids is 1. The first-order valence-corrected chi connectivity index (χ1v) is 24.4. The summed E-state index contributed by atoms with van der Waals surface area (Å²) >= 11 is 0. The molecule has 330 valence electrons. The van der Waals surface area contributed by atoms with Crippen LogP contribution in [0, 0.1) is 0 Å². The highest BCUT2D eigenvalue weighted by molar-refractivity contribution is 5.80. The van der Waals surface area contributed by atoms with Gasteiger partial charge < -0.3 is 25.7 Å². The quantitative estimate of drug-likeness (QED) is 0.0312. The molecule has 0 aliphatic carbocycles. The molecule has 0 saturated heterocycles. The molecule has 0 aromatic rings. The molecule has 0 spiro atoms. The van der Waals surface area contributed by atoms with Crippen LogP contribution >= 0.6 is 0 Å². The molecule has 0 aliphatic rings. The maximum absolute atomic E-state index is 12.5. The number of unbranched alkanes of at least 4 members (excludes halogenated alkanes) is 29. The van der Waals surface area contributed by atoms with Crippen molar-refractivity contribution in [1.29, 1.82) is 0 Å². The van der Waals surface area contributed by atoms with Crippen molar-refractivity contribution in [3.8, 4) is 0 Å². The van der Waals surface area contributed by atoms with Crippen molar-refractivity contribution in [1.82, 2.24) is 5.32 Å². The molecule has 6 nitrogen and oxygen atoms in total. The summed E-state index contributed by atoms with van der Waals surface area (Å²) < 4.78 is 0. The van der Waals surface area contributed by atoms with Crippen molar-refractivity contribution in [2.24, 2.45) is 0 Å². The van der Waals surface area contributed by atoms with Gasteiger partial charge in [-0.05, 0) is 70.6 Å². The number of hydrogen-bond acceptors (Lipinski definition) is 5. The molecule has 0 bridgehead atoms. The van der Waals surface area contributed by atoms with Gasteiger partial charge in [0.15, 0.2) is 0 Å². The number of amides is 1. The number of carbonyl (C=O) groups is 1. The van der Waals surface area contributed by atoms with Gasteiger partial charge in [-0.15, -0.1) is 0 Å². The third-order valence-electron chi connectivity index (χ3n) is 11.3. The fraction of sp³-hybridized carbons (Fsp3) is 0.860. The predicted octanol–water partition coefficient (Wildman–Crippen LogP) is 13.3. The maximum atomic E-state index is 12.5. The minimum atomic E-state index is -1.29. The van der Waals surface area contributed by atoms with E-state index in [0.717, 1.165) is 44.9 Å². The molecule has 56 heavy (non-hydrogen) atoms. The molecule has 0 aliphatic heterocycles. The summed E-state index contributed by atoms with van der Waals surface area (Å²) in [6, 6.07) is -1.01. The number of nitrogens with one attached hydrogen (secondary N) is 1. The van der Waals surface area contributed by atoms with E-state index in [1.807, 2.05) is 0 Å². The Morgan fingerprint density at radius 1 is 0.429 bits per heavy atom. The van der Waals surface area contributed by atoms with Crippen LogP contribution in [0.2, 0.25) is 0 Å². The molecule has 4 unspecified atom stereocenters. The van der Waals surface area contributed by atoms with Gasteiger partial charge in [0, 0.05) is 0 Å². The van der Waals surface area contributed by atoms with Gasteiger partial charge in [0.1, 0.15) is 12.2 Å². The summed E-state index contributed by atoms with van der Waals surface area (Å²) in [7, 11) is 0. The second-order valence-electron chi connectivity index (χ2n) is 16.8. The lowest BCUT2D eigenvalue weighted by atomic mass is 10.00. The summed E-state index contributed by atoms with van der Waals surface area (Å²) in [5, 5.41) is 43.6. The van der Waals surface area contributed by atoms with Crippen LogP contribution in [0.25, 0.3) is 0 Å². The first kappa shape index (κ1) is 54.5. The zero-order valence-electron chi connectivity index (χ0n) is 37.1. The Morgan fingerprint density at radius 2 is 0.768 bits per heavy atom. The summed E-state index contributed by atoms with van der Waals surface area (Å²) in [6.07, 6.45) is 53.5. The Hall–Kier alpha value is -1.47. The summed E-state index contributed by atoms with van der Waals surface area (Å²) in [4.78, 5) is 12.5. The highest BCUT2D eigenvalue weighted by Crippen LogP contribution is 2.16. The third-order valence-corrected chi connectivity index (χ3v) is 11.3. The van der Waals surface area contributed by atoms with E-state index >= 15 is 0 Å². The normalized spacial score (nSPS) is 14.3. The van der Waals surface area contributed by atoms with Crippen molar-refractivity contribution in [2.75, 3.05) is 6.61 Å². The Balaban J connectivity index is 3.61. The van der Waals surface area contributed by atoms with Crippen molar-refractivity contribution in [3.05, 3.63) is 36.5 Å². The fourth-order valence-electron chi connectivity index (χ4n) is 7.40. The first-order valence-electron chi connectivity index (χ1n) is 24.4. The molecular weight excluding hydrogens is 695 g/mol. The molecule has 0 fully saturated rings. The highest BCUT2D eigenvalue weighted by atomic mass is 16.3.